The number of nitrogens with zero attached hydrogens (tertiary/aromatic N) is 3. The summed E-state index contributed by atoms with van der Waals surface area (Å²) in [5.41, 5.74) is 13.7. The van der Waals surface area contributed by atoms with Crippen LogP contribution in [0.4, 0.5) is 20.6 Å². The summed E-state index contributed by atoms with van der Waals surface area (Å²) in [5.74, 6) is 0.625. The molecule has 2 fully saturated rings. The Morgan fingerprint density at radius 2 is 1.92 bits per heavy atom. The van der Waals surface area contributed by atoms with Crippen LogP contribution in [0.3, 0.4) is 0 Å². The first-order chi connectivity index (χ1) is 18.3. The number of rotatable bonds is 8. The SMILES string of the molecule is COc1cc(N)c(C(N)=Nc2ccc(F)c(Cl)c2)cc1OC1CCN(CCNC(=O)N2CCOCC2)CC1. The first kappa shape index (κ1) is 27.7. The van der Waals surface area contributed by atoms with Crippen molar-refractivity contribution in [3.05, 3.63) is 46.7 Å². The predicted octanol–water partition coefficient (Wildman–Crippen LogP) is 2.99. The molecule has 2 aliphatic rings. The molecule has 5 N–H and O–H groups in total. The van der Waals surface area contributed by atoms with Gasteiger partial charge in [-0.15, -0.1) is 0 Å². The quantitative estimate of drug-likeness (QED) is 0.263. The van der Waals surface area contributed by atoms with E-state index in [9.17, 15) is 9.18 Å². The van der Waals surface area contributed by atoms with Gasteiger partial charge in [0.05, 0.1) is 31.0 Å². The highest BCUT2D eigenvalue weighted by atomic mass is 35.5. The lowest BCUT2D eigenvalue weighted by Crippen LogP contribution is -2.48. The zero-order chi connectivity index (χ0) is 27.1. The number of amidine groups is 1. The van der Waals surface area contributed by atoms with Crippen LogP contribution in [0.5, 0.6) is 11.5 Å². The van der Waals surface area contributed by atoms with Crippen LogP contribution in [0, 0.1) is 5.82 Å². The van der Waals surface area contributed by atoms with Gasteiger partial charge < -0.3 is 40.8 Å². The van der Waals surface area contributed by atoms with Gasteiger partial charge in [-0.1, -0.05) is 11.6 Å². The van der Waals surface area contributed by atoms with E-state index in [4.69, 9.17) is 37.3 Å². The Kier molecular flexibility index (Phi) is 9.48. The molecule has 0 unspecified atom stereocenters. The minimum atomic E-state index is -0.535. The number of methoxy groups -OCH3 is 1. The molecule has 2 saturated heterocycles. The van der Waals surface area contributed by atoms with Crippen molar-refractivity contribution in [1.29, 1.82) is 0 Å². The number of piperidine rings is 1. The molecule has 0 aliphatic carbocycles. The van der Waals surface area contributed by atoms with E-state index in [1.165, 1.54) is 18.2 Å². The molecule has 0 atom stereocenters. The molecule has 2 aromatic rings. The first-order valence-corrected chi connectivity index (χ1v) is 13.0. The Balaban J connectivity index is 1.33. The van der Waals surface area contributed by atoms with Crippen LogP contribution in [0.25, 0.3) is 0 Å². The highest BCUT2D eigenvalue weighted by Gasteiger charge is 2.23. The normalized spacial score (nSPS) is 17.3. The van der Waals surface area contributed by atoms with E-state index < -0.39 is 5.82 Å². The van der Waals surface area contributed by atoms with Gasteiger partial charge in [-0.3, -0.25) is 0 Å². The van der Waals surface area contributed by atoms with Crippen molar-refractivity contribution in [3.8, 4) is 11.5 Å². The lowest BCUT2D eigenvalue weighted by Gasteiger charge is -2.33. The second-order valence-corrected chi connectivity index (χ2v) is 9.58. The van der Waals surface area contributed by atoms with Gasteiger partial charge in [-0.05, 0) is 37.1 Å². The topological polar surface area (TPSA) is 128 Å². The van der Waals surface area contributed by atoms with Gasteiger partial charge in [0.25, 0.3) is 0 Å². The Labute approximate surface area is 226 Å². The molecule has 2 heterocycles. The molecule has 2 aromatic carbocycles. The fraction of sp³-hybridized carbons (Fsp3) is 0.462. The van der Waals surface area contributed by atoms with E-state index >= 15 is 0 Å². The highest BCUT2D eigenvalue weighted by Crippen LogP contribution is 2.34. The maximum atomic E-state index is 13.5. The lowest BCUT2D eigenvalue weighted by molar-refractivity contribution is 0.0528. The van der Waals surface area contributed by atoms with E-state index in [2.05, 4.69) is 15.2 Å². The molecule has 206 valence electrons. The molecule has 0 aromatic heterocycles. The van der Waals surface area contributed by atoms with Crippen LogP contribution in [0.2, 0.25) is 5.02 Å². The molecule has 0 radical (unpaired) electrons. The predicted molar refractivity (Wildman–Crippen MR) is 145 cm³/mol. The molecule has 0 spiro atoms. The van der Waals surface area contributed by atoms with Gasteiger partial charge in [-0.2, -0.15) is 0 Å². The average molecular weight is 549 g/mol. The Morgan fingerprint density at radius 3 is 2.61 bits per heavy atom. The summed E-state index contributed by atoms with van der Waals surface area (Å²) in [5, 5.41) is 2.95. The van der Waals surface area contributed by atoms with Gasteiger partial charge in [-0.25, -0.2) is 14.2 Å². The number of nitrogen functional groups attached to an aromatic ring is 1. The number of aliphatic imine (C=N–C) groups is 1. The number of hydrogen-bond donors (Lipinski definition) is 3. The molecule has 0 bridgehead atoms. The van der Waals surface area contributed by atoms with E-state index in [1.807, 2.05) is 0 Å². The van der Waals surface area contributed by atoms with Crippen molar-refractivity contribution >= 4 is 34.8 Å². The zero-order valence-electron chi connectivity index (χ0n) is 21.4. The fourth-order valence-electron chi connectivity index (χ4n) is 4.43. The number of likely N-dealkylation sites (tertiary alicyclic amines) is 1. The second-order valence-electron chi connectivity index (χ2n) is 9.18. The largest absolute Gasteiger partial charge is 0.493 e. The van der Waals surface area contributed by atoms with Crippen LogP contribution < -0.4 is 26.3 Å². The molecule has 0 saturated carbocycles. The number of amides is 2. The molecular weight excluding hydrogens is 515 g/mol. The summed E-state index contributed by atoms with van der Waals surface area (Å²) < 4.78 is 30.6. The van der Waals surface area contributed by atoms with Crippen LogP contribution in [-0.2, 0) is 4.74 Å². The number of carbonyl (C=O) groups excluding carboxylic acids is 1. The van der Waals surface area contributed by atoms with Gasteiger partial charge in [0.15, 0.2) is 11.5 Å². The van der Waals surface area contributed by atoms with Gasteiger partial charge in [0.2, 0.25) is 0 Å². The number of nitrogens with one attached hydrogen (secondary N) is 1. The third-order valence-electron chi connectivity index (χ3n) is 6.60. The van der Waals surface area contributed by atoms with Crippen molar-refractivity contribution in [2.45, 2.75) is 18.9 Å². The van der Waals surface area contributed by atoms with Gasteiger partial charge >= 0.3 is 6.03 Å². The number of nitrogens with two attached hydrogens (primary N) is 2. The first-order valence-electron chi connectivity index (χ1n) is 12.6. The standard InChI is InChI=1S/C26H34ClFN6O4/c1-36-23-16-22(29)19(25(30)32-17-2-3-21(28)20(27)14-17)15-24(23)38-18-4-7-33(8-5-18)9-6-31-26(35)34-10-12-37-13-11-34/h2-3,14-16,18H,4-13,29H2,1H3,(H2,30,32)(H,31,35). The third kappa shape index (κ3) is 7.18. The number of halogens is 2. The third-order valence-corrected chi connectivity index (χ3v) is 6.88. The summed E-state index contributed by atoms with van der Waals surface area (Å²) in [7, 11) is 1.55. The summed E-state index contributed by atoms with van der Waals surface area (Å²) in [6, 6.07) is 7.42. The van der Waals surface area contributed by atoms with Crippen LogP contribution in [0.15, 0.2) is 35.3 Å². The number of anilines is 1. The van der Waals surface area contributed by atoms with Crippen molar-refractivity contribution < 1.29 is 23.4 Å². The number of ether oxygens (including phenoxy) is 3. The summed E-state index contributed by atoms with van der Waals surface area (Å²) in [6.45, 7) is 5.49. The molecular formula is C26H34ClFN6O4. The number of morpholine rings is 1. The monoisotopic (exact) mass is 548 g/mol. The molecule has 38 heavy (non-hydrogen) atoms. The maximum Gasteiger partial charge on any atom is 0.317 e. The number of carbonyl (C=O) groups is 1. The second kappa shape index (κ2) is 13.0. The van der Waals surface area contributed by atoms with Gasteiger partial charge in [0.1, 0.15) is 17.8 Å². The zero-order valence-corrected chi connectivity index (χ0v) is 22.2. The van der Waals surface area contributed by atoms with Gasteiger partial charge in [0, 0.05) is 56.6 Å². The average Bonchev–Trinajstić information content (AvgIpc) is 2.92. The smallest absolute Gasteiger partial charge is 0.317 e. The van der Waals surface area contributed by atoms with Crippen LogP contribution in [0.1, 0.15) is 18.4 Å². The van der Waals surface area contributed by atoms with Crippen LogP contribution in [-0.4, -0.2) is 87.4 Å². The molecule has 4 rings (SSSR count). The lowest BCUT2D eigenvalue weighted by atomic mass is 10.1. The van der Waals surface area contributed by atoms with Crippen molar-refractivity contribution in [1.82, 2.24) is 15.1 Å². The summed E-state index contributed by atoms with van der Waals surface area (Å²) >= 11 is 5.86. The molecule has 12 heteroatoms. The highest BCUT2D eigenvalue weighted by molar-refractivity contribution is 6.31. The number of benzene rings is 2. The Morgan fingerprint density at radius 1 is 1.18 bits per heavy atom. The van der Waals surface area contributed by atoms with E-state index in [1.54, 1.807) is 24.1 Å². The maximum absolute atomic E-state index is 13.5. The van der Waals surface area contributed by atoms with Crippen molar-refractivity contribution in [2.75, 3.05) is 65.3 Å². The minimum absolute atomic E-state index is 0.0198. The number of hydrogen-bond acceptors (Lipinski definition) is 7. The van der Waals surface area contributed by atoms with E-state index in [0.717, 1.165) is 32.5 Å². The summed E-state index contributed by atoms with van der Waals surface area (Å²) in [4.78, 5) is 20.7. The Hall–Kier alpha value is -3.28. The number of urea groups is 1. The van der Waals surface area contributed by atoms with Crippen molar-refractivity contribution in [3.63, 3.8) is 0 Å². The Bertz CT molecular complexity index is 1150. The summed E-state index contributed by atoms with van der Waals surface area (Å²) in [6.07, 6.45) is 1.61. The fourth-order valence-corrected chi connectivity index (χ4v) is 4.61. The molecule has 2 amide bonds. The van der Waals surface area contributed by atoms with Crippen molar-refractivity contribution in [2.24, 2.45) is 10.7 Å². The van der Waals surface area contributed by atoms with E-state index in [0.29, 0.717) is 61.3 Å². The van der Waals surface area contributed by atoms with E-state index in [-0.39, 0.29) is 23.0 Å². The molecule has 2 aliphatic heterocycles. The minimum Gasteiger partial charge on any atom is -0.493 e. The van der Waals surface area contributed by atoms with Crippen LogP contribution >= 0.6 is 11.6 Å². The molecule has 10 nitrogen and oxygen atoms in total.